The molecule has 0 radical (unpaired) electrons. The minimum atomic E-state index is -0.643. The van der Waals surface area contributed by atoms with Gasteiger partial charge in [0.15, 0.2) is 0 Å². The van der Waals surface area contributed by atoms with Crippen molar-refractivity contribution in [3.05, 3.63) is 42.5 Å². The number of aromatic nitrogens is 3. The van der Waals surface area contributed by atoms with Gasteiger partial charge in [0.2, 0.25) is 0 Å². The van der Waals surface area contributed by atoms with Crippen LogP contribution in [0.5, 0.6) is 0 Å². The number of nitrogens with one attached hydrogen (secondary N) is 2. The van der Waals surface area contributed by atoms with Crippen LogP contribution < -0.4 is 10.6 Å². The Labute approximate surface area is 152 Å². The second kappa shape index (κ2) is 8.57. The van der Waals surface area contributed by atoms with Crippen LogP contribution in [0, 0.1) is 0 Å². The van der Waals surface area contributed by atoms with Crippen LogP contribution in [0.3, 0.4) is 0 Å². The lowest BCUT2D eigenvalue weighted by Gasteiger charge is -2.22. The average Bonchev–Trinajstić information content (AvgIpc) is 3.32. The highest BCUT2D eigenvalue weighted by Crippen LogP contribution is 2.15. The zero-order valence-electron chi connectivity index (χ0n) is 14.9. The van der Waals surface area contributed by atoms with Crippen LogP contribution in [0.15, 0.2) is 36.9 Å². The van der Waals surface area contributed by atoms with Crippen molar-refractivity contribution in [2.24, 2.45) is 0 Å². The Hall–Kier alpha value is -2.74. The maximum Gasteiger partial charge on any atom is 0.313 e. The van der Waals surface area contributed by atoms with E-state index in [1.165, 1.54) is 6.33 Å². The number of carbonyl (C=O) groups is 2. The topological polar surface area (TPSA) is 92.2 Å². The Balaban J connectivity index is 1.47. The summed E-state index contributed by atoms with van der Waals surface area (Å²) in [6.07, 6.45) is 5.33. The van der Waals surface area contributed by atoms with E-state index in [9.17, 15) is 9.59 Å². The molecule has 1 aliphatic rings. The van der Waals surface area contributed by atoms with Gasteiger partial charge in [-0.25, -0.2) is 9.67 Å². The van der Waals surface area contributed by atoms with Gasteiger partial charge in [0.1, 0.15) is 12.7 Å². The molecule has 0 saturated carbocycles. The number of hydrogen-bond donors (Lipinski definition) is 2. The Morgan fingerprint density at radius 1 is 1.23 bits per heavy atom. The molecular weight excluding hydrogens is 332 g/mol. The Kier molecular flexibility index (Phi) is 5.96. The molecule has 2 amide bonds. The van der Waals surface area contributed by atoms with Gasteiger partial charge in [0.25, 0.3) is 0 Å². The Bertz CT molecular complexity index is 729. The van der Waals surface area contributed by atoms with Crippen LogP contribution in [-0.2, 0) is 16.1 Å². The van der Waals surface area contributed by atoms with Gasteiger partial charge in [-0.2, -0.15) is 5.10 Å². The third-order valence-corrected chi connectivity index (χ3v) is 4.63. The maximum atomic E-state index is 12.1. The lowest BCUT2D eigenvalue weighted by atomic mass is 10.2. The van der Waals surface area contributed by atoms with Crippen LogP contribution in [0.1, 0.15) is 25.3 Å². The molecule has 1 aromatic carbocycles. The van der Waals surface area contributed by atoms with Crippen LogP contribution in [-0.4, -0.2) is 57.2 Å². The molecule has 1 aliphatic heterocycles. The zero-order valence-corrected chi connectivity index (χ0v) is 14.9. The Morgan fingerprint density at radius 3 is 2.73 bits per heavy atom. The number of nitrogens with zero attached hydrogens (tertiary/aromatic N) is 4. The fourth-order valence-electron chi connectivity index (χ4n) is 3.22. The van der Waals surface area contributed by atoms with E-state index in [-0.39, 0.29) is 0 Å². The van der Waals surface area contributed by atoms with Gasteiger partial charge in [-0.15, -0.1) is 0 Å². The summed E-state index contributed by atoms with van der Waals surface area (Å²) < 4.78 is 1.71. The van der Waals surface area contributed by atoms with E-state index < -0.39 is 11.8 Å². The summed E-state index contributed by atoms with van der Waals surface area (Å²) >= 11 is 0. The van der Waals surface area contributed by atoms with Crippen molar-refractivity contribution < 1.29 is 9.59 Å². The van der Waals surface area contributed by atoms with E-state index >= 15 is 0 Å². The molecular formula is C18H24N6O2. The van der Waals surface area contributed by atoms with Crippen molar-refractivity contribution in [2.45, 2.75) is 32.4 Å². The second-order valence-corrected chi connectivity index (χ2v) is 6.38. The van der Waals surface area contributed by atoms with Crippen molar-refractivity contribution >= 4 is 17.5 Å². The second-order valence-electron chi connectivity index (χ2n) is 6.38. The first-order valence-corrected chi connectivity index (χ1v) is 8.90. The normalized spacial score (nSPS) is 17.2. The van der Waals surface area contributed by atoms with E-state index in [1.54, 1.807) is 23.1 Å². The highest BCUT2D eigenvalue weighted by molar-refractivity contribution is 6.39. The van der Waals surface area contributed by atoms with E-state index in [4.69, 9.17) is 0 Å². The molecule has 2 N–H and O–H groups in total. The molecule has 0 bridgehead atoms. The van der Waals surface area contributed by atoms with Crippen molar-refractivity contribution in [3.63, 3.8) is 0 Å². The van der Waals surface area contributed by atoms with Crippen molar-refractivity contribution in [3.8, 4) is 0 Å². The van der Waals surface area contributed by atoms with Crippen molar-refractivity contribution in [1.29, 1.82) is 0 Å². The van der Waals surface area contributed by atoms with Gasteiger partial charge in [0.05, 0.1) is 6.54 Å². The molecule has 1 saturated heterocycles. The molecule has 0 spiro atoms. The molecule has 8 nitrogen and oxygen atoms in total. The summed E-state index contributed by atoms with van der Waals surface area (Å²) in [5, 5.41) is 9.42. The third-order valence-electron chi connectivity index (χ3n) is 4.63. The van der Waals surface area contributed by atoms with Gasteiger partial charge in [-0.3, -0.25) is 14.5 Å². The largest absolute Gasteiger partial charge is 0.346 e. The molecule has 0 unspecified atom stereocenters. The summed E-state index contributed by atoms with van der Waals surface area (Å²) in [5.74, 6) is -1.24. The molecule has 8 heteroatoms. The quantitative estimate of drug-likeness (QED) is 0.749. The average molecular weight is 356 g/mol. The molecule has 2 aromatic rings. The number of hydrogen-bond acceptors (Lipinski definition) is 5. The summed E-state index contributed by atoms with van der Waals surface area (Å²) in [5.41, 5.74) is 1.61. The van der Waals surface area contributed by atoms with E-state index in [2.05, 4.69) is 32.5 Å². The lowest BCUT2D eigenvalue weighted by molar-refractivity contribution is -0.136. The number of carbonyl (C=O) groups excluding carboxylic acids is 2. The fraction of sp³-hybridized carbons (Fsp3) is 0.444. The van der Waals surface area contributed by atoms with Gasteiger partial charge < -0.3 is 10.6 Å². The Morgan fingerprint density at radius 2 is 2.04 bits per heavy atom. The monoisotopic (exact) mass is 356 g/mol. The number of anilines is 1. The molecule has 1 atom stereocenters. The van der Waals surface area contributed by atoms with Crippen LogP contribution >= 0.6 is 0 Å². The minimum absolute atomic E-state index is 0.327. The number of likely N-dealkylation sites (N-methyl/N-ethyl adjacent to an activating group) is 1. The molecule has 3 rings (SSSR count). The first-order valence-electron chi connectivity index (χ1n) is 8.90. The summed E-state index contributed by atoms with van der Waals surface area (Å²) in [7, 11) is 0. The maximum absolute atomic E-state index is 12.1. The highest BCUT2D eigenvalue weighted by Gasteiger charge is 2.24. The SMILES string of the molecule is CCN1CCC[C@@H]1CNC(=O)C(=O)Nc1ccc(Cn2cncn2)cc1. The number of rotatable bonds is 6. The predicted octanol–water partition coefficient (Wildman–Crippen LogP) is 0.865. The fourth-order valence-corrected chi connectivity index (χ4v) is 3.22. The van der Waals surface area contributed by atoms with Gasteiger partial charge >= 0.3 is 11.8 Å². The number of amides is 2. The molecule has 138 valence electrons. The summed E-state index contributed by atoms with van der Waals surface area (Å²) in [4.78, 5) is 30.3. The van der Waals surface area contributed by atoms with Gasteiger partial charge in [-0.05, 0) is 43.6 Å². The van der Waals surface area contributed by atoms with Crippen molar-refractivity contribution in [2.75, 3.05) is 25.0 Å². The number of likely N-dealkylation sites (tertiary alicyclic amines) is 1. The van der Waals surface area contributed by atoms with Crippen molar-refractivity contribution in [1.82, 2.24) is 25.0 Å². The first-order chi connectivity index (χ1) is 12.7. The van der Waals surface area contributed by atoms with Gasteiger partial charge in [0, 0.05) is 18.3 Å². The first kappa shape index (κ1) is 18.1. The van der Waals surface area contributed by atoms with Crippen LogP contribution in [0.2, 0.25) is 0 Å². The molecule has 26 heavy (non-hydrogen) atoms. The summed E-state index contributed by atoms with van der Waals surface area (Å²) in [6.45, 7) is 5.25. The van der Waals surface area contributed by atoms with Crippen LogP contribution in [0.25, 0.3) is 0 Å². The molecule has 2 heterocycles. The van der Waals surface area contributed by atoms with E-state index in [1.807, 2.05) is 12.1 Å². The summed E-state index contributed by atoms with van der Waals surface area (Å²) in [6, 6.07) is 7.63. The standard InChI is InChI=1S/C18H24N6O2/c1-2-23-9-3-4-16(23)10-20-17(25)18(26)22-15-7-5-14(6-8-15)11-24-13-19-12-21-24/h5-8,12-13,16H,2-4,9-11H2,1H3,(H,20,25)(H,22,26)/t16-/m1/s1. The smallest absolute Gasteiger partial charge is 0.313 e. The molecule has 0 aliphatic carbocycles. The van der Waals surface area contributed by atoms with Gasteiger partial charge in [-0.1, -0.05) is 19.1 Å². The van der Waals surface area contributed by atoms with Crippen LogP contribution in [0.4, 0.5) is 5.69 Å². The molecule has 1 aromatic heterocycles. The predicted molar refractivity (Wildman–Crippen MR) is 97.5 cm³/mol. The zero-order chi connectivity index (χ0) is 18.4. The molecule has 1 fully saturated rings. The van der Waals surface area contributed by atoms with E-state index in [0.717, 1.165) is 31.5 Å². The minimum Gasteiger partial charge on any atom is -0.346 e. The third kappa shape index (κ3) is 4.66. The highest BCUT2D eigenvalue weighted by atomic mass is 16.2. The number of benzene rings is 1. The lowest BCUT2D eigenvalue weighted by Crippen LogP contribution is -2.43. The van der Waals surface area contributed by atoms with E-state index in [0.29, 0.717) is 24.8 Å².